The lowest BCUT2D eigenvalue weighted by Gasteiger charge is -2.41. The van der Waals surface area contributed by atoms with E-state index in [1.165, 1.54) is 11.3 Å². The number of nitrogens with zero attached hydrogens (tertiary/aromatic N) is 2. The lowest BCUT2D eigenvalue weighted by molar-refractivity contribution is 0.181. The van der Waals surface area contributed by atoms with Crippen LogP contribution in [0.3, 0.4) is 0 Å². The van der Waals surface area contributed by atoms with Gasteiger partial charge in [0, 0.05) is 43.6 Å². The zero-order valence-electron chi connectivity index (χ0n) is 12.6. The standard InChI is InChI=1S/C18H23N3/c1-15-13-21(18-9-7-17(19)8-10-18)12-11-20(15)14-16-5-3-2-4-6-16/h2-10,15H,11-14,19H2,1H3. The maximum atomic E-state index is 5.76. The van der Waals surface area contributed by atoms with E-state index < -0.39 is 0 Å². The summed E-state index contributed by atoms with van der Waals surface area (Å²) in [5, 5.41) is 0. The summed E-state index contributed by atoms with van der Waals surface area (Å²) in [6.45, 7) is 6.59. The van der Waals surface area contributed by atoms with Crippen LogP contribution in [-0.2, 0) is 6.54 Å². The lowest BCUT2D eigenvalue weighted by atomic mass is 10.1. The Kier molecular flexibility index (Phi) is 4.11. The van der Waals surface area contributed by atoms with Gasteiger partial charge in [0.25, 0.3) is 0 Å². The van der Waals surface area contributed by atoms with Crippen LogP contribution in [0.1, 0.15) is 12.5 Å². The zero-order chi connectivity index (χ0) is 14.7. The van der Waals surface area contributed by atoms with E-state index in [-0.39, 0.29) is 0 Å². The summed E-state index contributed by atoms with van der Waals surface area (Å²) in [4.78, 5) is 5.01. The molecule has 1 saturated heterocycles. The molecule has 0 aromatic heterocycles. The molecule has 2 aromatic carbocycles. The average molecular weight is 281 g/mol. The molecule has 3 rings (SSSR count). The van der Waals surface area contributed by atoms with Gasteiger partial charge in [0.2, 0.25) is 0 Å². The molecule has 0 radical (unpaired) electrons. The number of anilines is 2. The molecule has 3 nitrogen and oxygen atoms in total. The highest BCUT2D eigenvalue weighted by atomic mass is 15.3. The van der Waals surface area contributed by atoms with E-state index in [0.717, 1.165) is 31.9 Å². The zero-order valence-corrected chi connectivity index (χ0v) is 12.6. The first-order chi connectivity index (χ1) is 10.2. The van der Waals surface area contributed by atoms with Gasteiger partial charge in [-0.15, -0.1) is 0 Å². The predicted molar refractivity (Wildman–Crippen MR) is 89.4 cm³/mol. The van der Waals surface area contributed by atoms with Crippen LogP contribution in [-0.4, -0.2) is 30.6 Å². The largest absolute Gasteiger partial charge is 0.399 e. The van der Waals surface area contributed by atoms with Crippen molar-refractivity contribution < 1.29 is 0 Å². The monoisotopic (exact) mass is 281 g/mol. The lowest BCUT2D eigenvalue weighted by Crippen LogP contribution is -2.51. The minimum atomic E-state index is 0.552. The molecule has 1 aliphatic heterocycles. The van der Waals surface area contributed by atoms with Gasteiger partial charge < -0.3 is 10.6 Å². The molecule has 110 valence electrons. The third-order valence-electron chi connectivity index (χ3n) is 4.25. The summed E-state index contributed by atoms with van der Waals surface area (Å²) in [6, 6.07) is 19.5. The molecule has 1 aliphatic rings. The molecular formula is C18H23N3. The summed E-state index contributed by atoms with van der Waals surface area (Å²) >= 11 is 0. The van der Waals surface area contributed by atoms with Crippen LogP contribution in [0.5, 0.6) is 0 Å². The van der Waals surface area contributed by atoms with Crippen molar-refractivity contribution in [1.82, 2.24) is 4.90 Å². The van der Waals surface area contributed by atoms with E-state index in [4.69, 9.17) is 5.73 Å². The minimum absolute atomic E-state index is 0.552. The average Bonchev–Trinajstić information content (AvgIpc) is 2.51. The fourth-order valence-electron chi connectivity index (χ4n) is 2.97. The highest BCUT2D eigenvalue weighted by Crippen LogP contribution is 2.21. The second-order valence-electron chi connectivity index (χ2n) is 5.84. The van der Waals surface area contributed by atoms with Gasteiger partial charge in [0.1, 0.15) is 0 Å². The first kappa shape index (κ1) is 14.0. The maximum absolute atomic E-state index is 5.76. The second-order valence-corrected chi connectivity index (χ2v) is 5.84. The molecule has 2 aromatic rings. The van der Waals surface area contributed by atoms with Crippen molar-refractivity contribution in [3.63, 3.8) is 0 Å². The highest BCUT2D eigenvalue weighted by molar-refractivity contribution is 5.53. The van der Waals surface area contributed by atoms with Crippen molar-refractivity contribution in [1.29, 1.82) is 0 Å². The first-order valence-corrected chi connectivity index (χ1v) is 7.61. The van der Waals surface area contributed by atoms with Gasteiger partial charge in [0.15, 0.2) is 0 Å². The molecule has 3 heteroatoms. The third kappa shape index (κ3) is 3.37. The topological polar surface area (TPSA) is 32.5 Å². The predicted octanol–water partition coefficient (Wildman–Crippen LogP) is 2.98. The van der Waals surface area contributed by atoms with Crippen molar-refractivity contribution in [2.24, 2.45) is 0 Å². The SMILES string of the molecule is CC1CN(c2ccc(N)cc2)CCN1Cc1ccccc1. The molecule has 21 heavy (non-hydrogen) atoms. The van der Waals surface area contributed by atoms with Crippen LogP contribution in [0.25, 0.3) is 0 Å². The molecular weight excluding hydrogens is 258 g/mol. The Labute approximate surface area is 127 Å². The van der Waals surface area contributed by atoms with E-state index in [0.29, 0.717) is 6.04 Å². The van der Waals surface area contributed by atoms with E-state index in [1.807, 2.05) is 12.1 Å². The quantitative estimate of drug-likeness (QED) is 0.878. The molecule has 1 unspecified atom stereocenters. The number of piperazine rings is 1. The van der Waals surface area contributed by atoms with Crippen LogP contribution in [0.15, 0.2) is 54.6 Å². The van der Waals surface area contributed by atoms with Gasteiger partial charge in [0.05, 0.1) is 0 Å². The number of benzene rings is 2. The smallest absolute Gasteiger partial charge is 0.0368 e. The fourth-order valence-corrected chi connectivity index (χ4v) is 2.97. The number of rotatable bonds is 3. The van der Waals surface area contributed by atoms with Gasteiger partial charge >= 0.3 is 0 Å². The van der Waals surface area contributed by atoms with E-state index in [1.54, 1.807) is 0 Å². The Morgan fingerprint density at radius 3 is 2.38 bits per heavy atom. The summed E-state index contributed by atoms with van der Waals surface area (Å²) in [5.41, 5.74) is 9.26. The van der Waals surface area contributed by atoms with Gasteiger partial charge in [-0.05, 0) is 36.8 Å². The van der Waals surface area contributed by atoms with Crippen molar-refractivity contribution in [2.45, 2.75) is 19.5 Å². The Morgan fingerprint density at radius 2 is 1.71 bits per heavy atom. The number of hydrogen-bond acceptors (Lipinski definition) is 3. The Bertz CT molecular complexity index is 565. The van der Waals surface area contributed by atoms with E-state index in [2.05, 4.69) is 59.2 Å². The molecule has 1 fully saturated rings. The Balaban J connectivity index is 1.63. The Morgan fingerprint density at radius 1 is 1.00 bits per heavy atom. The third-order valence-corrected chi connectivity index (χ3v) is 4.25. The molecule has 0 bridgehead atoms. The van der Waals surface area contributed by atoms with Crippen molar-refractivity contribution in [3.05, 3.63) is 60.2 Å². The summed E-state index contributed by atoms with van der Waals surface area (Å²) in [5.74, 6) is 0. The summed E-state index contributed by atoms with van der Waals surface area (Å²) in [7, 11) is 0. The Hall–Kier alpha value is -2.00. The normalized spacial score (nSPS) is 19.7. The van der Waals surface area contributed by atoms with Crippen LogP contribution in [0.4, 0.5) is 11.4 Å². The van der Waals surface area contributed by atoms with Gasteiger partial charge in [-0.3, -0.25) is 4.90 Å². The molecule has 1 atom stereocenters. The molecule has 2 N–H and O–H groups in total. The van der Waals surface area contributed by atoms with Crippen molar-refractivity contribution in [2.75, 3.05) is 30.3 Å². The fraction of sp³-hybridized carbons (Fsp3) is 0.333. The van der Waals surface area contributed by atoms with Gasteiger partial charge in [-0.2, -0.15) is 0 Å². The van der Waals surface area contributed by atoms with E-state index in [9.17, 15) is 0 Å². The summed E-state index contributed by atoms with van der Waals surface area (Å²) < 4.78 is 0. The maximum Gasteiger partial charge on any atom is 0.0368 e. The van der Waals surface area contributed by atoms with Crippen LogP contribution < -0.4 is 10.6 Å². The minimum Gasteiger partial charge on any atom is -0.399 e. The number of nitrogens with two attached hydrogens (primary N) is 1. The molecule has 0 amide bonds. The molecule has 0 spiro atoms. The van der Waals surface area contributed by atoms with Gasteiger partial charge in [-0.1, -0.05) is 30.3 Å². The van der Waals surface area contributed by atoms with Crippen molar-refractivity contribution >= 4 is 11.4 Å². The second kappa shape index (κ2) is 6.19. The van der Waals surface area contributed by atoms with Crippen LogP contribution >= 0.6 is 0 Å². The number of hydrogen-bond donors (Lipinski definition) is 1. The van der Waals surface area contributed by atoms with E-state index >= 15 is 0 Å². The first-order valence-electron chi connectivity index (χ1n) is 7.61. The van der Waals surface area contributed by atoms with Crippen LogP contribution in [0, 0.1) is 0 Å². The molecule has 1 heterocycles. The molecule has 0 aliphatic carbocycles. The van der Waals surface area contributed by atoms with Gasteiger partial charge in [-0.25, -0.2) is 0 Å². The molecule has 0 saturated carbocycles. The van der Waals surface area contributed by atoms with Crippen molar-refractivity contribution in [3.8, 4) is 0 Å². The number of nitrogen functional groups attached to an aromatic ring is 1. The summed E-state index contributed by atoms with van der Waals surface area (Å²) in [6.07, 6.45) is 0. The highest BCUT2D eigenvalue weighted by Gasteiger charge is 2.23. The van der Waals surface area contributed by atoms with Crippen LogP contribution in [0.2, 0.25) is 0 Å².